The van der Waals surface area contributed by atoms with E-state index in [0.717, 1.165) is 61.5 Å². The number of aliphatic hydroxyl groups is 1. The van der Waals surface area contributed by atoms with Crippen LogP contribution in [0.5, 0.6) is 5.75 Å². The lowest BCUT2D eigenvalue weighted by molar-refractivity contribution is 0.0903. The Labute approximate surface area is 179 Å². The van der Waals surface area contributed by atoms with Crippen LogP contribution in [0.2, 0.25) is 0 Å². The summed E-state index contributed by atoms with van der Waals surface area (Å²) in [6.07, 6.45) is 3.36. The predicted molar refractivity (Wildman–Crippen MR) is 119 cm³/mol. The molecule has 0 bridgehead atoms. The van der Waals surface area contributed by atoms with E-state index in [1.165, 1.54) is 0 Å². The Bertz CT molecular complexity index is 809. The molecular formula is C23H34N4O3. The maximum absolute atomic E-state index is 9.89. The minimum Gasteiger partial charge on any atom is -0.491 e. The average molecular weight is 415 g/mol. The highest BCUT2D eigenvalue weighted by Gasteiger charge is 2.18. The van der Waals surface area contributed by atoms with Crippen LogP contribution in [0.25, 0.3) is 11.4 Å². The van der Waals surface area contributed by atoms with E-state index in [4.69, 9.17) is 19.4 Å². The highest BCUT2D eigenvalue weighted by Crippen LogP contribution is 2.27. The smallest absolute Gasteiger partial charge is 0.161 e. The molecule has 2 heterocycles. The minimum atomic E-state index is -0.555. The molecule has 1 aromatic heterocycles. The molecule has 7 nitrogen and oxygen atoms in total. The summed E-state index contributed by atoms with van der Waals surface area (Å²) in [7, 11) is 1.80. The van der Waals surface area contributed by atoms with Gasteiger partial charge in [0.1, 0.15) is 24.3 Å². The molecule has 1 unspecified atom stereocenters. The van der Waals surface area contributed by atoms with E-state index in [1.54, 1.807) is 7.05 Å². The molecule has 164 valence electrons. The van der Waals surface area contributed by atoms with E-state index < -0.39 is 6.10 Å². The molecule has 30 heavy (non-hydrogen) atoms. The highest BCUT2D eigenvalue weighted by atomic mass is 16.5. The maximum Gasteiger partial charge on any atom is 0.161 e. The Morgan fingerprint density at radius 2 is 2.07 bits per heavy atom. The second-order valence-electron chi connectivity index (χ2n) is 7.80. The van der Waals surface area contributed by atoms with Gasteiger partial charge in [0.05, 0.1) is 0 Å². The van der Waals surface area contributed by atoms with Crippen molar-refractivity contribution in [2.24, 2.45) is 0 Å². The standard InChI is InChI=1S/C23H34N4O3/c1-4-6-21-16(2)22(25-18-9-11-29-12-10-18)27-23(26-21)17-7-5-8-20(13-17)30-15-19(28)14-24-3/h5,7-8,13,18-19,24,28H,4,6,9-12,14-15H2,1-3H3,(H,25,26,27). The third-order valence-electron chi connectivity index (χ3n) is 5.27. The Hall–Kier alpha value is -2.22. The Morgan fingerprint density at radius 3 is 2.80 bits per heavy atom. The van der Waals surface area contributed by atoms with Gasteiger partial charge in [0.15, 0.2) is 5.82 Å². The summed E-state index contributed by atoms with van der Waals surface area (Å²) in [5.41, 5.74) is 3.10. The molecular weight excluding hydrogens is 380 g/mol. The molecule has 3 rings (SSSR count). The monoisotopic (exact) mass is 414 g/mol. The summed E-state index contributed by atoms with van der Waals surface area (Å²) >= 11 is 0. The Balaban J connectivity index is 1.84. The van der Waals surface area contributed by atoms with Crippen LogP contribution >= 0.6 is 0 Å². The summed E-state index contributed by atoms with van der Waals surface area (Å²) < 4.78 is 11.2. The van der Waals surface area contributed by atoms with Crippen molar-refractivity contribution in [1.29, 1.82) is 0 Å². The largest absolute Gasteiger partial charge is 0.491 e. The van der Waals surface area contributed by atoms with Crippen LogP contribution < -0.4 is 15.4 Å². The van der Waals surface area contributed by atoms with Crippen LogP contribution in [0.4, 0.5) is 5.82 Å². The van der Waals surface area contributed by atoms with Crippen molar-refractivity contribution in [3.63, 3.8) is 0 Å². The number of aliphatic hydroxyl groups excluding tert-OH is 1. The fourth-order valence-electron chi connectivity index (χ4n) is 3.56. The number of likely N-dealkylation sites (N-methyl/N-ethyl adjacent to an activating group) is 1. The molecule has 0 aliphatic carbocycles. The van der Waals surface area contributed by atoms with Gasteiger partial charge in [-0.05, 0) is 45.4 Å². The molecule has 1 fully saturated rings. The lowest BCUT2D eigenvalue weighted by Gasteiger charge is -2.25. The quantitative estimate of drug-likeness (QED) is 0.551. The van der Waals surface area contributed by atoms with Crippen molar-refractivity contribution in [2.45, 2.75) is 51.7 Å². The van der Waals surface area contributed by atoms with E-state index in [2.05, 4.69) is 24.5 Å². The summed E-state index contributed by atoms with van der Waals surface area (Å²) in [6.45, 7) is 6.56. The first-order valence-corrected chi connectivity index (χ1v) is 10.9. The first-order chi connectivity index (χ1) is 14.6. The summed E-state index contributed by atoms with van der Waals surface area (Å²) in [6, 6.07) is 8.12. The van der Waals surface area contributed by atoms with Crippen molar-refractivity contribution in [3.8, 4) is 17.1 Å². The number of ether oxygens (including phenoxy) is 2. The second-order valence-corrected chi connectivity index (χ2v) is 7.80. The molecule has 1 aliphatic rings. The zero-order chi connectivity index (χ0) is 21.3. The summed E-state index contributed by atoms with van der Waals surface area (Å²) in [5, 5.41) is 16.4. The molecule has 1 aromatic carbocycles. The topological polar surface area (TPSA) is 88.5 Å². The molecule has 1 atom stereocenters. The highest BCUT2D eigenvalue weighted by molar-refractivity contribution is 5.61. The Kier molecular flexibility index (Phi) is 8.42. The lowest BCUT2D eigenvalue weighted by Crippen LogP contribution is -2.29. The SMILES string of the molecule is CCCc1nc(-c2cccc(OCC(O)CNC)c2)nc(NC2CCOCC2)c1C. The number of aryl methyl sites for hydroxylation is 1. The van der Waals surface area contributed by atoms with Crippen LogP contribution in [0.15, 0.2) is 24.3 Å². The van der Waals surface area contributed by atoms with E-state index in [1.807, 2.05) is 24.3 Å². The molecule has 2 aromatic rings. The number of hydrogen-bond donors (Lipinski definition) is 3. The van der Waals surface area contributed by atoms with E-state index in [9.17, 15) is 5.11 Å². The molecule has 7 heteroatoms. The second kappa shape index (κ2) is 11.2. The number of aromatic nitrogens is 2. The van der Waals surface area contributed by atoms with Crippen molar-refractivity contribution in [1.82, 2.24) is 15.3 Å². The van der Waals surface area contributed by atoms with E-state index in [-0.39, 0.29) is 6.61 Å². The molecule has 0 spiro atoms. The van der Waals surface area contributed by atoms with Gasteiger partial charge in [-0.3, -0.25) is 0 Å². The zero-order valence-electron chi connectivity index (χ0n) is 18.3. The number of anilines is 1. The van der Waals surface area contributed by atoms with Gasteiger partial charge in [-0.15, -0.1) is 0 Å². The van der Waals surface area contributed by atoms with Crippen LogP contribution in [-0.4, -0.2) is 60.6 Å². The molecule has 3 N–H and O–H groups in total. The van der Waals surface area contributed by atoms with Gasteiger partial charge in [-0.25, -0.2) is 9.97 Å². The Morgan fingerprint density at radius 1 is 1.27 bits per heavy atom. The molecule has 0 amide bonds. The fourth-order valence-corrected chi connectivity index (χ4v) is 3.56. The maximum atomic E-state index is 9.89. The van der Waals surface area contributed by atoms with Gasteiger partial charge >= 0.3 is 0 Å². The van der Waals surface area contributed by atoms with Gasteiger partial charge in [0.2, 0.25) is 0 Å². The van der Waals surface area contributed by atoms with Gasteiger partial charge in [-0.2, -0.15) is 0 Å². The predicted octanol–water partition coefficient (Wildman–Crippen LogP) is 2.95. The van der Waals surface area contributed by atoms with Crippen molar-refractivity contribution in [2.75, 3.05) is 38.7 Å². The molecule has 1 aliphatic heterocycles. The van der Waals surface area contributed by atoms with Crippen molar-refractivity contribution < 1.29 is 14.6 Å². The van der Waals surface area contributed by atoms with Crippen LogP contribution in [0, 0.1) is 6.92 Å². The van der Waals surface area contributed by atoms with E-state index >= 15 is 0 Å². The third-order valence-corrected chi connectivity index (χ3v) is 5.27. The number of nitrogens with zero attached hydrogens (tertiary/aromatic N) is 2. The lowest BCUT2D eigenvalue weighted by atomic mass is 10.1. The zero-order valence-corrected chi connectivity index (χ0v) is 18.3. The normalized spacial score (nSPS) is 15.7. The molecule has 0 radical (unpaired) electrons. The van der Waals surface area contributed by atoms with Gasteiger partial charge in [0.25, 0.3) is 0 Å². The van der Waals surface area contributed by atoms with Gasteiger partial charge in [-0.1, -0.05) is 25.5 Å². The average Bonchev–Trinajstić information content (AvgIpc) is 2.76. The van der Waals surface area contributed by atoms with Gasteiger partial charge < -0.3 is 25.2 Å². The van der Waals surface area contributed by atoms with Crippen LogP contribution in [0.3, 0.4) is 0 Å². The third kappa shape index (κ3) is 6.14. The number of nitrogens with one attached hydrogen (secondary N) is 2. The van der Waals surface area contributed by atoms with Gasteiger partial charge in [0, 0.05) is 42.6 Å². The minimum absolute atomic E-state index is 0.233. The number of hydrogen-bond acceptors (Lipinski definition) is 7. The molecule has 0 saturated carbocycles. The summed E-state index contributed by atoms with van der Waals surface area (Å²) in [4.78, 5) is 9.73. The first-order valence-electron chi connectivity index (χ1n) is 10.9. The van der Waals surface area contributed by atoms with Crippen molar-refractivity contribution in [3.05, 3.63) is 35.5 Å². The summed E-state index contributed by atoms with van der Waals surface area (Å²) in [5.74, 6) is 2.30. The first kappa shape index (κ1) is 22.5. The molecule has 1 saturated heterocycles. The number of benzene rings is 1. The van der Waals surface area contributed by atoms with Crippen molar-refractivity contribution >= 4 is 5.82 Å². The fraction of sp³-hybridized carbons (Fsp3) is 0.565. The van der Waals surface area contributed by atoms with E-state index in [0.29, 0.717) is 24.2 Å². The van der Waals surface area contributed by atoms with Crippen LogP contribution in [-0.2, 0) is 11.2 Å². The number of rotatable bonds is 10. The van der Waals surface area contributed by atoms with Crippen LogP contribution in [0.1, 0.15) is 37.4 Å².